The van der Waals surface area contributed by atoms with Crippen LogP contribution in [0, 0.1) is 11.3 Å². The van der Waals surface area contributed by atoms with Gasteiger partial charge in [-0.25, -0.2) is 0 Å². The standard InChI is InChI=1S/C4H10.C3H8N2/c1-4(2)3;1-5(2)3-4/h4H,1-3H3;3-4H,1-2H3. The van der Waals surface area contributed by atoms with E-state index in [1.165, 1.54) is 6.34 Å². The second-order valence-electron chi connectivity index (χ2n) is 2.82. The van der Waals surface area contributed by atoms with Gasteiger partial charge in [0.05, 0.1) is 6.34 Å². The fraction of sp³-hybridized carbons (Fsp3) is 0.857. The minimum absolute atomic E-state index is 0.833. The first-order valence-electron chi connectivity index (χ1n) is 3.17. The Morgan fingerprint density at radius 2 is 1.33 bits per heavy atom. The Balaban J connectivity index is 0. The second kappa shape index (κ2) is 7.47. The summed E-state index contributed by atoms with van der Waals surface area (Å²) < 4.78 is 0. The molecule has 9 heavy (non-hydrogen) atoms. The van der Waals surface area contributed by atoms with Crippen LogP contribution in [0.5, 0.6) is 0 Å². The first-order chi connectivity index (χ1) is 4.00. The van der Waals surface area contributed by atoms with E-state index in [4.69, 9.17) is 5.41 Å². The van der Waals surface area contributed by atoms with E-state index in [0.717, 1.165) is 5.92 Å². The Bertz CT molecular complexity index is 55.2. The SMILES string of the molecule is CC(C)C.CN(C)C=N. The van der Waals surface area contributed by atoms with Gasteiger partial charge in [0.2, 0.25) is 0 Å². The molecule has 0 rings (SSSR count). The van der Waals surface area contributed by atoms with Gasteiger partial charge >= 0.3 is 0 Å². The first kappa shape index (κ1) is 11.3. The molecule has 0 aliphatic rings. The molecule has 0 aliphatic carbocycles. The van der Waals surface area contributed by atoms with Gasteiger partial charge in [-0.05, 0) is 5.92 Å². The largest absolute Gasteiger partial charge is 0.369 e. The van der Waals surface area contributed by atoms with E-state index < -0.39 is 0 Å². The van der Waals surface area contributed by atoms with Crippen LogP contribution >= 0.6 is 0 Å². The molecule has 0 aromatic carbocycles. The van der Waals surface area contributed by atoms with Crippen molar-refractivity contribution >= 4 is 6.34 Å². The number of rotatable bonds is 1. The van der Waals surface area contributed by atoms with Gasteiger partial charge in [-0.3, -0.25) is 5.41 Å². The van der Waals surface area contributed by atoms with Crippen molar-refractivity contribution in [3.05, 3.63) is 0 Å². The normalized spacial score (nSPS) is 7.78. The zero-order valence-electron chi connectivity index (χ0n) is 7.10. The molecule has 2 heteroatoms. The minimum atomic E-state index is 0.833. The average molecular weight is 130 g/mol. The van der Waals surface area contributed by atoms with Crippen LogP contribution in [0.4, 0.5) is 0 Å². The van der Waals surface area contributed by atoms with Crippen LogP contribution in [0.2, 0.25) is 0 Å². The summed E-state index contributed by atoms with van der Waals surface area (Å²) >= 11 is 0. The van der Waals surface area contributed by atoms with Gasteiger partial charge < -0.3 is 4.90 Å². The Hall–Kier alpha value is -0.530. The zero-order chi connectivity index (χ0) is 7.86. The highest BCUT2D eigenvalue weighted by atomic mass is 15.1. The third-order valence-electron chi connectivity index (χ3n) is 0.258. The molecule has 0 aromatic heterocycles. The lowest BCUT2D eigenvalue weighted by molar-refractivity contribution is 0.639. The number of nitrogens with one attached hydrogen (secondary N) is 1. The van der Waals surface area contributed by atoms with Gasteiger partial charge in [-0.1, -0.05) is 20.8 Å². The molecule has 0 aliphatic heterocycles. The summed E-state index contributed by atoms with van der Waals surface area (Å²) in [7, 11) is 3.62. The summed E-state index contributed by atoms with van der Waals surface area (Å²) in [6, 6.07) is 0. The molecule has 0 saturated heterocycles. The van der Waals surface area contributed by atoms with Crippen molar-refractivity contribution in [1.29, 1.82) is 5.41 Å². The van der Waals surface area contributed by atoms with Crippen molar-refractivity contribution in [3.8, 4) is 0 Å². The maximum Gasteiger partial charge on any atom is 0.0812 e. The summed E-state index contributed by atoms with van der Waals surface area (Å²) in [6.45, 7) is 6.50. The topological polar surface area (TPSA) is 27.1 Å². The van der Waals surface area contributed by atoms with Crippen LogP contribution in [-0.4, -0.2) is 25.3 Å². The highest BCUT2D eigenvalue weighted by Gasteiger charge is 1.68. The van der Waals surface area contributed by atoms with Crippen LogP contribution in [-0.2, 0) is 0 Å². The molecule has 2 nitrogen and oxygen atoms in total. The molecular formula is C7H18N2. The van der Waals surface area contributed by atoms with Gasteiger partial charge in [-0.2, -0.15) is 0 Å². The molecule has 0 unspecified atom stereocenters. The lowest BCUT2D eigenvalue weighted by atomic mass is 10.3. The molecule has 0 amide bonds. The third kappa shape index (κ3) is 103. The molecule has 0 fully saturated rings. The predicted octanol–water partition coefficient (Wildman–Crippen LogP) is 1.82. The van der Waals surface area contributed by atoms with E-state index in [1.807, 2.05) is 14.1 Å². The molecule has 0 aromatic rings. The Morgan fingerprint density at radius 3 is 1.33 bits per heavy atom. The second-order valence-corrected chi connectivity index (χ2v) is 2.82. The molecule has 0 saturated carbocycles. The van der Waals surface area contributed by atoms with Crippen molar-refractivity contribution in [2.45, 2.75) is 20.8 Å². The molecule has 56 valence electrons. The van der Waals surface area contributed by atoms with E-state index in [9.17, 15) is 0 Å². The maximum atomic E-state index is 6.46. The number of hydrogen-bond donors (Lipinski definition) is 1. The summed E-state index contributed by atoms with van der Waals surface area (Å²) in [5, 5.41) is 6.46. The van der Waals surface area contributed by atoms with E-state index in [0.29, 0.717) is 0 Å². The zero-order valence-corrected chi connectivity index (χ0v) is 7.10. The molecule has 0 bridgehead atoms. The Labute approximate surface area is 58.4 Å². The van der Waals surface area contributed by atoms with Gasteiger partial charge in [-0.15, -0.1) is 0 Å². The Kier molecular flexibility index (Phi) is 9.37. The summed E-state index contributed by atoms with van der Waals surface area (Å²) in [5.41, 5.74) is 0. The van der Waals surface area contributed by atoms with Gasteiger partial charge in [0.15, 0.2) is 0 Å². The van der Waals surface area contributed by atoms with Gasteiger partial charge in [0.25, 0.3) is 0 Å². The first-order valence-corrected chi connectivity index (χ1v) is 3.17. The van der Waals surface area contributed by atoms with Gasteiger partial charge in [0, 0.05) is 14.1 Å². The van der Waals surface area contributed by atoms with Crippen LogP contribution in [0.3, 0.4) is 0 Å². The number of hydrogen-bond acceptors (Lipinski definition) is 1. The molecule has 0 atom stereocenters. The van der Waals surface area contributed by atoms with Crippen LogP contribution in [0.25, 0.3) is 0 Å². The van der Waals surface area contributed by atoms with E-state index in [-0.39, 0.29) is 0 Å². The highest BCUT2D eigenvalue weighted by molar-refractivity contribution is 5.49. The smallest absolute Gasteiger partial charge is 0.0812 e. The molecule has 0 heterocycles. The van der Waals surface area contributed by atoms with Crippen molar-refractivity contribution in [1.82, 2.24) is 4.90 Å². The fourth-order valence-electron chi connectivity index (χ4n) is 0. The molecule has 0 spiro atoms. The lowest BCUT2D eigenvalue weighted by Crippen LogP contribution is -2.05. The minimum Gasteiger partial charge on any atom is -0.369 e. The van der Waals surface area contributed by atoms with Crippen LogP contribution in [0.15, 0.2) is 0 Å². The summed E-state index contributed by atoms with van der Waals surface area (Å²) in [4.78, 5) is 1.67. The van der Waals surface area contributed by atoms with Crippen LogP contribution < -0.4 is 0 Å². The third-order valence-corrected chi connectivity index (χ3v) is 0.258. The van der Waals surface area contributed by atoms with Crippen LogP contribution in [0.1, 0.15) is 20.8 Å². The van der Waals surface area contributed by atoms with Crippen molar-refractivity contribution in [2.24, 2.45) is 5.92 Å². The van der Waals surface area contributed by atoms with Crippen molar-refractivity contribution in [2.75, 3.05) is 14.1 Å². The van der Waals surface area contributed by atoms with Crippen molar-refractivity contribution < 1.29 is 0 Å². The average Bonchev–Trinajstić information content (AvgIpc) is 1.65. The summed E-state index contributed by atoms with van der Waals surface area (Å²) in [5.74, 6) is 0.833. The van der Waals surface area contributed by atoms with E-state index >= 15 is 0 Å². The maximum absolute atomic E-state index is 6.46. The number of nitrogens with zero attached hydrogens (tertiary/aromatic N) is 1. The molecule has 0 radical (unpaired) electrons. The quantitative estimate of drug-likeness (QED) is 0.425. The highest BCUT2D eigenvalue weighted by Crippen LogP contribution is 1.81. The lowest BCUT2D eigenvalue weighted by Gasteiger charge is -1.96. The van der Waals surface area contributed by atoms with E-state index in [1.54, 1.807) is 4.90 Å². The van der Waals surface area contributed by atoms with Gasteiger partial charge in [0.1, 0.15) is 0 Å². The predicted molar refractivity (Wildman–Crippen MR) is 43.0 cm³/mol. The molecule has 1 N–H and O–H groups in total. The fourth-order valence-corrected chi connectivity index (χ4v) is 0. The van der Waals surface area contributed by atoms with E-state index in [2.05, 4.69) is 20.8 Å². The molecular weight excluding hydrogens is 112 g/mol. The summed E-state index contributed by atoms with van der Waals surface area (Å²) in [6.07, 6.45) is 1.25. The Morgan fingerprint density at radius 1 is 1.22 bits per heavy atom. The monoisotopic (exact) mass is 130 g/mol. The van der Waals surface area contributed by atoms with Crippen molar-refractivity contribution in [3.63, 3.8) is 0 Å².